The number of hydrogen-bond donors (Lipinski definition) is 3. The van der Waals surface area contributed by atoms with E-state index in [1.807, 2.05) is 6.92 Å². The molecule has 24 heavy (non-hydrogen) atoms. The molecule has 0 fully saturated rings. The van der Waals surface area contributed by atoms with E-state index in [1.165, 1.54) is 0 Å². The molecule has 142 valence electrons. The highest BCUT2D eigenvalue weighted by Gasteiger charge is 2.19. The maximum atomic E-state index is 11.6. The summed E-state index contributed by atoms with van der Waals surface area (Å²) in [6.07, 6.45) is -0.963. The van der Waals surface area contributed by atoms with Crippen LogP contribution in [0, 0.1) is 0 Å². The SMILES string of the molecule is CC(CNOCC(C)NC(=O)OC(C)(C)C)NC(=O)OC(C)(C)C. The van der Waals surface area contributed by atoms with Gasteiger partial charge in [-0.25, -0.2) is 15.1 Å². The van der Waals surface area contributed by atoms with Gasteiger partial charge in [0.15, 0.2) is 0 Å². The van der Waals surface area contributed by atoms with E-state index < -0.39 is 23.4 Å². The summed E-state index contributed by atoms with van der Waals surface area (Å²) in [5.74, 6) is 0. The third-order valence-electron chi connectivity index (χ3n) is 2.35. The fourth-order valence-electron chi connectivity index (χ4n) is 1.48. The number of nitrogens with one attached hydrogen (secondary N) is 3. The molecule has 0 radical (unpaired) electrons. The lowest BCUT2D eigenvalue weighted by Crippen LogP contribution is -2.44. The van der Waals surface area contributed by atoms with Gasteiger partial charge in [0.1, 0.15) is 11.2 Å². The normalized spacial score (nSPS) is 14.5. The quantitative estimate of drug-likeness (QED) is 0.483. The Bertz CT molecular complexity index is 363. The topological polar surface area (TPSA) is 97.9 Å². The van der Waals surface area contributed by atoms with Gasteiger partial charge in [0.05, 0.1) is 12.6 Å². The molecule has 2 atom stereocenters. The molecule has 0 aliphatic heterocycles. The van der Waals surface area contributed by atoms with Gasteiger partial charge in [-0.3, -0.25) is 4.84 Å². The summed E-state index contributed by atoms with van der Waals surface area (Å²) in [5.41, 5.74) is 1.68. The van der Waals surface area contributed by atoms with E-state index >= 15 is 0 Å². The van der Waals surface area contributed by atoms with Crippen LogP contribution < -0.4 is 16.1 Å². The predicted molar refractivity (Wildman–Crippen MR) is 91.6 cm³/mol. The van der Waals surface area contributed by atoms with E-state index in [4.69, 9.17) is 14.3 Å². The second kappa shape index (κ2) is 9.68. The molecule has 2 amide bonds. The standard InChI is InChI=1S/C16H33N3O5/c1-11(18-13(20)23-15(3,4)5)9-17-22-10-12(2)19-14(21)24-16(6,7)8/h11-12,17H,9-10H2,1-8H3,(H,18,20)(H,19,21). The Morgan fingerprint density at radius 3 is 1.67 bits per heavy atom. The van der Waals surface area contributed by atoms with Crippen molar-refractivity contribution in [3.05, 3.63) is 0 Å². The van der Waals surface area contributed by atoms with Crippen molar-refractivity contribution in [1.82, 2.24) is 16.1 Å². The van der Waals surface area contributed by atoms with Gasteiger partial charge in [-0.2, -0.15) is 0 Å². The van der Waals surface area contributed by atoms with Gasteiger partial charge in [0.25, 0.3) is 0 Å². The first-order valence-corrected chi connectivity index (χ1v) is 8.12. The van der Waals surface area contributed by atoms with Crippen LogP contribution in [0.15, 0.2) is 0 Å². The first kappa shape index (κ1) is 22.5. The summed E-state index contributed by atoms with van der Waals surface area (Å²) < 4.78 is 10.3. The van der Waals surface area contributed by atoms with Crippen molar-refractivity contribution >= 4 is 12.2 Å². The van der Waals surface area contributed by atoms with Crippen LogP contribution in [0.25, 0.3) is 0 Å². The lowest BCUT2D eigenvalue weighted by molar-refractivity contribution is 0.0151. The summed E-state index contributed by atoms with van der Waals surface area (Å²) in [6, 6.07) is -0.393. The largest absolute Gasteiger partial charge is 0.444 e. The fourth-order valence-corrected chi connectivity index (χ4v) is 1.48. The van der Waals surface area contributed by atoms with Crippen molar-refractivity contribution in [2.45, 2.75) is 78.7 Å². The molecule has 0 spiro atoms. The molecule has 0 aromatic heterocycles. The Hall–Kier alpha value is -1.54. The van der Waals surface area contributed by atoms with Crippen molar-refractivity contribution in [2.24, 2.45) is 0 Å². The number of carbonyl (C=O) groups excluding carboxylic acids is 2. The highest BCUT2D eigenvalue weighted by atomic mass is 16.6. The molecule has 0 aromatic rings. The van der Waals surface area contributed by atoms with Crippen LogP contribution in [0.2, 0.25) is 0 Å². The molecular formula is C16H33N3O5. The van der Waals surface area contributed by atoms with Crippen molar-refractivity contribution in [2.75, 3.05) is 13.2 Å². The zero-order chi connectivity index (χ0) is 19.0. The lowest BCUT2D eigenvalue weighted by atomic mass is 10.2. The van der Waals surface area contributed by atoms with Gasteiger partial charge < -0.3 is 20.1 Å². The zero-order valence-corrected chi connectivity index (χ0v) is 16.1. The first-order valence-electron chi connectivity index (χ1n) is 8.12. The number of hydroxylamine groups is 1. The van der Waals surface area contributed by atoms with E-state index in [2.05, 4.69) is 16.1 Å². The number of hydrogen-bond acceptors (Lipinski definition) is 6. The molecule has 0 bridgehead atoms. The Balaban J connectivity index is 3.84. The maximum absolute atomic E-state index is 11.6. The number of alkyl carbamates (subject to hydrolysis) is 2. The number of rotatable bonds is 7. The van der Waals surface area contributed by atoms with Crippen LogP contribution >= 0.6 is 0 Å². The molecule has 8 nitrogen and oxygen atoms in total. The van der Waals surface area contributed by atoms with Crippen molar-refractivity contribution in [3.8, 4) is 0 Å². The van der Waals surface area contributed by atoms with Gasteiger partial charge in [0, 0.05) is 12.6 Å². The smallest absolute Gasteiger partial charge is 0.407 e. The summed E-state index contributed by atoms with van der Waals surface area (Å²) in [4.78, 5) is 28.4. The average Bonchev–Trinajstić information content (AvgIpc) is 2.29. The minimum Gasteiger partial charge on any atom is -0.444 e. The average molecular weight is 347 g/mol. The highest BCUT2D eigenvalue weighted by Crippen LogP contribution is 2.07. The molecule has 0 aliphatic carbocycles. The molecule has 0 aromatic carbocycles. The summed E-state index contributed by atoms with van der Waals surface area (Å²) in [7, 11) is 0. The van der Waals surface area contributed by atoms with Crippen molar-refractivity contribution in [1.29, 1.82) is 0 Å². The molecule has 8 heteroatoms. The van der Waals surface area contributed by atoms with Crippen LogP contribution in [-0.2, 0) is 14.3 Å². The summed E-state index contributed by atoms with van der Waals surface area (Å²) >= 11 is 0. The van der Waals surface area contributed by atoms with E-state index in [1.54, 1.807) is 48.5 Å². The van der Waals surface area contributed by atoms with Crippen LogP contribution in [-0.4, -0.2) is 48.6 Å². The fraction of sp³-hybridized carbons (Fsp3) is 0.875. The minimum atomic E-state index is -0.536. The van der Waals surface area contributed by atoms with Crippen LogP contribution in [0.5, 0.6) is 0 Å². The molecule has 0 saturated heterocycles. The molecule has 0 heterocycles. The second-order valence-electron chi connectivity index (χ2n) is 7.75. The van der Waals surface area contributed by atoms with E-state index in [0.717, 1.165) is 0 Å². The highest BCUT2D eigenvalue weighted by molar-refractivity contribution is 5.68. The molecule has 0 aliphatic rings. The monoisotopic (exact) mass is 347 g/mol. The zero-order valence-electron chi connectivity index (χ0n) is 16.1. The van der Waals surface area contributed by atoms with E-state index in [-0.39, 0.29) is 18.7 Å². The Kier molecular flexibility index (Phi) is 9.06. The number of amides is 2. The first-order chi connectivity index (χ1) is 10.8. The van der Waals surface area contributed by atoms with Gasteiger partial charge in [-0.1, -0.05) is 0 Å². The minimum absolute atomic E-state index is 0.172. The molecule has 2 unspecified atom stereocenters. The Labute approximate surface area is 144 Å². The van der Waals surface area contributed by atoms with Crippen LogP contribution in [0.3, 0.4) is 0 Å². The summed E-state index contributed by atoms with van der Waals surface area (Å²) in [5, 5.41) is 5.36. The number of carbonyl (C=O) groups is 2. The van der Waals surface area contributed by atoms with Crippen LogP contribution in [0.4, 0.5) is 9.59 Å². The number of ether oxygens (including phenoxy) is 2. The molecule has 0 saturated carbocycles. The molecule has 3 N–H and O–H groups in total. The molecular weight excluding hydrogens is 314 g/mol. The van der Waals surface area contributed by atoms with E-state index in [0.29, 0.717) is 6.54 Å². The van der Waals surface area contributed by atoms with Gasteiger partial charge >= 0.3 is 12.2 Å². The van der Waals surface area contributed by atoms with Gasteiger partial charge in [-0.05, 0) is 55.4 Å². The van der Waals surface area contributed by atoms with Crippen molar-refractivity contribution in [3.63, 3.8) is 0 Å². The van der Waals surface area contributed by atoms with Gasteiger partial charge in [0.2, 0.25) is 0 Å². The third kappa shape index (κ3) is 14.1. The van der Waals surface area contributed by atoms with Crippen molar-refractivity contribution < 1.29 is 23.9 Å². The molecule has 0 rings (SSSR count). The maximum Gasteiger partial charge on any atom is 0.407 e. The second-order valence-corrected chi connectivity index (χ2v) is 7.75. The van der Waals surface area contributed by atoms with E-state index in [9.17, 15) is 9.59 Å². The van der Waals surface area contributed by atoms with Crippen LogP contribution in [0.1, 0.15) is 55.4 Å². The Morgan fingerprint density at radius 1 is 0.833 bits per heavy atom. The third-order valence-corrected chi connectivity index (χ3v) is 2.35. The Morgan fingerprint density at radius 2 is 1.25 bits per heavy atom. The lowest BCUT2D eigenvalue weighted by Gasteiger charge is -2.23. The predicted octanol–water partition coefficient (Wildman–Crippen LogP) is 2.33. The van der Waals surface area contributed by atoms with Gasteiger partial charge in [-0.15, -0.1) is 0 Å². The summed E-state index contributed by atoms with van der Waals surface area (Å²) in [6.45, 7) is 15.1.